The molecule has 1 aliphatic heterocycles. The lowest BCUT2D eigenvalue weighted by molar-refractivity contribution is 0.0703. The fourth-order valence-corrected chi connectivity index (χ4v) is 3.28. The maximum absolute atomic E-state index is 12.6. The molecular weight excluding hydrogens is 398 g/mol. The van der Waals surface area contributed by atoms with E-state index in [1.807, 2.05) is 12.1 Å². The van der Waals surface area contributed by atoms with Crippen LogP contribution < -0.4 is 14.2 Å². The number of carbonyl (C=O) groups is 2. The third-order valence-corrected chi connectivity index (χ3v) is 4.75. The Hall–Kier alpha value is -4.39. The van der Waals surface area contributed by atoms with Gasteiger partial charge in [-0.05, 0) is 36.4 Å². The van der Waals surface area contributed by atoms with Crippen molar-refractivity contribution in [1.82, 2.24) is 4.98 Å². The summed E-state index contributed by atoms with van der Waals surface area (Å²) in [6, 6.07) is 16.9. The number of para-hydroxylation sites is 1. The van der Waals surface area contributed by atoms with Crippen molar-refractivity contribution in [3.63, 3.8) is 0 Å². The second-order valence-corrected chi connectivity index (χ2v) is 6.73. The van der Waals surface area contributed by atoms with Crippen LogP contribution >= 0.6 is 0 Å². The molecule has 0 aliphatic carbocycles. The Kier molecular flexibility index (Phi) is 4.48. The van der Waals surface area contributed by atoms with E-state index in [0.717, 1.165) is 5.39 Å². The van der Waals surface area contributed by atoms with Gasteiger partial charge in [0, 0.05) is 23.7 Å². The van der Waals surface area contributed by atoms with Crippen LogP contribution in [0.2, 0.25) is 0 Å². The minimum atomic E-state index is -0.674. The summed E-state index contributed by atoms with van der Waals surface area (Å²) in [5.74, 6) is 0.309. The molecule has 0 atom stereocenters. The molecule has 1 aliphatic rings. The molecular formula is C24H15NO6. The number of rotatable bonds is 4. The number of hydrogen-bond donors (Lipinski definition) is 0. The summed E-state index contributed by atoms with van der Waals surface area (Å²) in [4.78, 5) is 29.3. The van der Waals surface area contributed by atoms with Gasteiger partial charge in [0.15, 0.2) is 17.1 Å². The van der Waals surface area contributed by atoms with Gasteiger partial charge in [0.2, 0.25) is 11.5 Å². The second-order valence-electron chi connectivity index (χ2n) is 6.73. The molecule has 31 heavy (non-hydrogen) atoms. The van der Waals surface area contributed by atoms with Crippen molar-refractivity contribution in [2.24, 2.45) is 0 Å². The Morgan fingerprint density at radius 3 is 2.77 bits per heavy atom. The molecule has 0 radical (unpaired) electrons. The molecule has 7 heteroatoms. The number of ether oxygens (including phenoxy) is 3. The van der Waals surface area contributed by atoms with Crippen LogP contribution in [0.15, 0.2) is 77.0 Å². The molecule has 2 aromatic heterocycles. The van der Waals surface area contributed by atoms with E-state index in [1.54, 1.807) is 48.7 Å². The van der Waals surface area contributed by atoms with Crippen molar-refractivity contribution in [2.75, 3.05) is 7.11 Å². The number of carbonyl (C=O) groups excluding carboxylic acids is 2. The van der Waals surface area contributed by atoms with Crippen molar-refractivity contribution >= 4 is 28.8 Å². The van der Waals surface area contributed by atoms with Gasteiger partial charge in [0.25, 0.3) is 0 Å². The van der Waals surface area contributed by atoms with Crippen molar-refractivity contribution < 1.29 is 28.2 Å². The number of fused-ring (bicyclic) bond motifs is 2. The zero-order valence-electron chi connectivity index (χ0n) is 16.3. The van der Waals surface area contributed by atoms with Gasteiger partial charge in [-0.15, -0.1) is 0 Å². The summed E-state index contributed by atoms with van der Waals surface area (Å²) >= 11 is 0. The molecule has 5 rings (SSSR count). The molecule has 0 amide bonds. The second kappa shape index (κ2) is 7.46. The van der Waals surface area contributed by atoms with Gasteiger partial charge in [-0.2, -0.15) is 0 Å². The van der Waals surface area contributed by atoms with Crippen molar-refractivity contribution in [2.45, 2.75) is 0 Å². The van der Waals surface area contributed by atoms with E-state index < -0.39 is 5.97 Å². The highest BCUT2D eigenvalue weighted by atomic mass is 16.6. The Bertz CT molecular complexity index is 1350. The average Bonchev–Trinajstić information content (AvgIpc) is 3.36. The smallest absolute Gasteiger partial charge is 0.379 e. The molecule has 4 aromatic rings. The topological polar surface area (TPSA) is 87.9 Å². The van der Waals surface area contributed by atoms with Gasteiger partial charge in [0.1, 0.15) is 11.5 Å². The van der Waals surface area contributed by atoms with Crippen LogP contribution in [-0.4, -0.2) is 23.8 Å². The quantitative estimate of drug-likeness (QED) is 0.273. The highest BCUT2D eigenvalue weighted by molar-refractivity contribution is 6.14. The lowest BCUT2D eigenvalue weighted by Crippen LogP contribution is -2.07. The Balaban J connectivity index is 1.38. The molecule has 0 N–H and O–H groups in total. The first-order valence-electron chi connectivity index (χ1n) is 9.40. The lowest BCUT2D eigenvalue weighted by atomic mass is 10.1. The maximum Gasteiger partial charge on any atom is 0.379 e. The van der Waals surface area contributed by atoms with Crippen LogP contribution in [0, 0.1) is 0 Å². The van der Waals surface area contributed by atoms with Crippen molar-refractivity contribution in [3.05, 3.63) is 89.6 Å². The van der Waals surface area contributed by atoms with E-state index in [9.17, 15) is 9.59 Å². The first-order valence-corrected chi connectivity index (χ1v) is 9.40. The molecule has 3 heterocycles. The molecule has 0 unspecified atom stereocenters. The Morgan fingerprint density at radius 1 is 1.06 bits per heavy atom. The number of hydrogen-bond acceptors (Lipinski definition) is 7. The van der Waals surface area contributed by atoms with Gasteiger partial charge in [-0.3, -0.25) is 9.78 Å². The Labute approximate surface area is 176 Å². The fourth-order valence-electron chi connectivity index (χ4n) is 3.28. The fraction of sp³-hybridized carbons (Fsp3) is 0.0417. The number of benzene rings is 2. The number of aromatic nitrogens is 1. The van der Waals surface area contributed by atoms with E-state index >= 15 is 0 Å². The zero-order chi connectivity index (χ0) is 21.4. The summed E-state index contributed by atoms with van der Waals surface area (Å²) in [5, 5.41) is 0.721. The number of methoxy groups -OCH3 is 1. The lowest BCUT2D eigenvalue weighted by Gasteiger charge is -2.04. The third kappa shape index (κ3) is 3.42. The number of pyridine rings is 1. The number of Topliss-reactive ketones (excluding diaryl/α,β-unsaturated/α-hetero) is 1. The van der Waals surface area contributed by atoms with Crippen LogP contribution in [0.25, 0.3) is 17.0 Å². The van der Waals surface area contributed by atoms with E-state index in [0.29, 0.717) is 28.3 Å². The molecule has 152 valence electrons. The number of furan rings is 1. The molecule has 0 saturated carbocycles. The summed E-state index contributed by atoms with van der Waals surface area (Å²) in [6.07, 6.45) is 3.19. The van der Waals surface area contributed by atoms with Crippen LogP contribution in [0.3, 0.4) is 0 Å². The number of nitrogens with zero attached hydrogens (tertiary/aromatic N) is 1. The first-order chi connectivity index (χ1) is 15.1. The van der Waals surface area contributed by atoms with Gasteiger partial charge in [-0.1, -0.05) is 18.2 Å². The molecule has 0 spiro atoms. The molecule has 7 nitrogen and oxygen atoms in total. The summed E-state index contributed by atoms with van der Waals surface area (Å²) < 4.78 is 22.0. The van der Waals surface area contributed by atoms with Crippen LogP contribution in [0.5, 0.6) is 17.2 Å². The summed E-state index contributed by atoms with van der Waals surface area (Å²) in [5.41, 5.74) is 1.45. The van der Waals surface area contributed by atoms with E-state index in [2.05, 4.69) is 4.98 Å². The third-order valence-electron chi connectivity index (χ3n) is 4.75. The van der Waals surface area contributed by atoms with Crippen molar-refractivity contribution in [3.8, 4) is 17.2 Å². The minimum absolute atomic E-state index is 0.0349. The zero-order valence-corrected chi connectivity index (χ0v) is 16.3. The number of esters is 1. The van der Waals surface area contributed by atoms with Gasteiger partial charge < -0.3 is 18.6 Å². The van der Waals surface area contributed by atoms with Crippen LogP contribution in [0.4, 0.5) is 0 Å². The summed E-state index contributed by atoms with van der Waals surface area (Å²) in [6.45, 7) is 0. The Morgan fingerprint density at radius 2 is 1.97 bits per heavy atom. The molecule has 0 bridgehead atoms. The molecule has 0 saturated heterocycles. The van der Waals surface area contributed by atoms with Crippen LogP contribution in [0.1, 0.15) is 26.6 Å². The van der Waals surface area contributed by atoms with Crippen molar-refractivity contribution in [1.29, 1.82) is 0 Å². The average molecular weight is 413 g/mol. The van der Waals surface area contributed by atoms with Crippen LogP contribution in [-0.2, 0) is 0 Å². The van der Waals surface area contributed by atoms with E-state index in [1.165, 1.54) is 19.2 Å². The van der Waals surface area contributed by atoms with E-state index in [-0.39, 0.29) is 23.1 Å². The SMILES string of the molecule is COc1cccc2cc(C(=O)Oc3ccc4c(c3)O/C(=C\c3ccccn3)C4=O)oc12. The largest absolute Gasteiger partial charge is 0.493 e. The standard InChI is InChI=1S/C24H15NO6/c1-28-18-7-4-5-14-11-21(31-23(14)18)24(27)29-16-8-9-17-19(13-16)30-20(22(17)26)12-15-6-2-3-10-25-15/h2-13H,1H3/b20-12-. The maximum atomic E-state index is 12.6. The molecule has 2 aromatic carbocycles. The van der Waals surface area contributed by atoms with Gasteiger partial charge in [0.05, 0.1) is 18.4 Å². The number of allylic oxidation sites excluding steroid dienone is 1. The predicted octanol–water partition coefficient (Wildman–Crippen LogP) is 4.67. The molecule has 0 fully saturated rings. The number of ketones is 1. The summed E-state index contributed by atoms with van der Waals surface area (Å²) in [7, 11) is 1.53. The van der Waals surface area contributed by atoms with E-state index in [4.69, 9.17) is 18.6 Å². The predicted molar refractivity (Wildman–Crippen MR) is 111 cm³/mol. The minimum Gasteiger partial charge on any atom is -0.493 e. The normalized spacial score (nSPS) is 13.8. The first kappa shape index (κ1) is 18.6. The van der Waals surface area contributed by atoms with Gasteiger partial charge in [-0.25, -0.2) is 4.79 Å². The highest BCUT2D eigenvalue weighted by Gasteiger charge is 2.28. The highest BCUT2D eigenvalue weighted by Crippen LogP contribution is 2.35. The van der Waals surface area contributed by atoms with Gasteiger partial charge >= 0.3 is 5.97 Å². The monoisotopic (exact) mass is 413 g/mol.